The molecular formula is C10H12N4O2S. The van der Waals surface area contributed by atoms with Crippen LogP contribution in [-0.4, -0.2) is 27.6 Å². The summed E-state index contributed by atoms with van der Waals surface area (Å²) in [6, 6.07) is 0. The molecule has 0 fully saturated rings. The maximum absolute atomic E-state index is 11.6. The Morgan fingerprint density at radius 2 is 2.35 bits per heavy atom. The predicted molar refractivity (Wildman–Crippen MR) is 62.8 cm³/mol. The molecule has 0 spiro atoms. The topological polar surface area (TPSA) is 80.9 Å². The number of carbonyl (C=O) groups excluding carboxylic acids is 1. The van der Waals surface area contributed by atoms with Crippen molar-refractivity contribution in [2.45, 2.75) is 20.3 Å². The van der Waals surface area contributed by atoms with Gasteiger partial charge in [0, 0.05) is 11.9 Å². The van der Waals surface area contributed by atoms with E-state index in [4.69, 9.17) is 4.52 Å². The van der Waals surface area contributed by atoms with Gasteiger partial charge in [-0.25, -0.2) is 4.98 Å². The second-order valence-electron chi connectivity index (χ2n) is 3.44. The molecule has 0 aliphatic heterocycles. The van der Waals surface area contributed by atoms with Gasteiger partial charge in [-0.15, -0.1) is 11.3 Å². The third kappa shape index (κ3) is 2.68. The molecule has 0 radical (unpaired) electrons. The summed E-state index contributed by atoms with van der Waals surface area (Å²) in [4.78, 5) is 19.8. The van der Waals surface area contributed by atoms with Crippen molar-refractivity contribution in [2.24, 2.45) is 0 Å². The molecule has 2 aromatic rings. The van der Waals surface area contributed by atoms with Gasteiger partial charge in [0.1, 0.15) is 5.69 Å². The number of rotatable bonds is 4. The maximum atomic E-state index is 11.6. The molecule has 0 bridgehead atoms. The van der Waals surface area contributed by atoms with Gasteiger partial charge in [-0.2, -0.15) is 4.98 Å². The molecule has 0 aromatic carbocycles. The Labute approximate surface area is 102 Å². The first-order chi connectivity index (χ1) is 8.20. The fourth-order valence-corrected chi connectivity index (χ4v) is 1.90. The van der Waals surface area contributed by atoms with Crippen molar-refractivity contribution < 1.29 is 9.32 Å². The summed E-state index contributed by atoms with van der Waals surface area (Å²) >= 11 is 1.26. The molecule has 2 rings (SSSR count). The highest BCUT2D eigenvalue weighted by molar-refractivity contribution is 7.12. The molecule has 6 nitrogen and oxygen atoms in total. The summed E-state index contributed by atoms with van der Waals surface area (Å²) in [7, 11) is 0. The van der Waals surface area contributed by atoms with E-state index >= 15 is 0 Å². The number of amides is 1. The maximum Gasteiger partial charge on any atom is 0.280 e. The van der Waals surface area contributed by atoms with Crippen LogP contribution in [0.5, 0.6) is 0 Å². The van der Waals surface area contributed by atoms with Gasteiger partial charge in [0.25, 0.3) is 11.8 Å². The van der Waals surface area contributed by atoms with Crippen LogP contribution in [0.25, 0.3) is 11.6 Å². The molecule has 7 heteroatoms. The van der Waals surface area contributed by atoms with Crippen LogP contribution in [0, 0.1) is 6.92 Å². The standard InChI is InChI=1S/C10H12N4O2S/c1-3-4-11-8(15)10-13-7(5-17-10)9-12-6(2)14-16-9/h5H,3-4H2,1-2H3,(H,11,15). The molecule has 0 saturated heterocycles. The minimum Gasteiger partial charge on any atom is -0.350 e. The van der Waals surface area contributed by atoms with Crippen LogP contribution < -0.4 is 5.32 Å². The number of aromatic nitrogens is 3. The Hall–Kier alpha value is -1.76. The number of thiazole rings is 1. The van der Waals surface area contributed by atoms with Crippen LogP contribution in [0.2, 0.25) is 0 Å². The van der Waals surface area contributed by atoms with Crippen LogP contribution in [0.3, 0.4) is 0 Å². The summed E-state index contributed by atoms with van der Waals surface area (Å²) in [5, 5.41) is 8.57. The number of nitrogens with zero attached hydrogens (tertiary/aromatic N) is 3. The quantitative estimate of drug-likeness (QED) is 0.894. The molecule has 2 heterocycles. The van der Waals surface area contributed by atoms with Gasteiger partial charge < -0.3 is 9.84 Å². The monoisotopic (exact) mass is 252 g/mol. The largest absolute Gasteiger partial charge is 0.350 e. The molecule has 0 saturated carbocycles. The Balaban J connectivity index is 2.13. The zero-order valence-corrected chi connectivity index (χ0v) is 10.4. The first-order valence-corrected chi connectivity index (χ1v) is 6.13. The van der Waals surface area contributed by atoms with E-state index in [9.17, 15) is 4.79 Å². The van der Waals surface area contributed by atoms with Gasteiger partial charge in [0.05, 0.1) is 0 Å². The van der Waals surface area contributed by atoms with E-state index in [1.165, 1.54) is 11.3 Å². The minimum atomic E-state index is -0.167. The fourth-order valence-electron chi connectivity index (χ4n) is 1.19. The van der Waals surface area contributed by atoms with Gasteiger partial charge >= 0.3 is 0 Å². The molecule has 17 heavy (non-hydrogen) atoms. The normalized spacial score (nSPS) is 10.5. The summed E-state index contributed by atoms with van der Waals surface area (Å²) in [6.07, 6.45) is 0.896. The highest BCUT2D eigenvalue weighted by Gasteiger charge is 2.14. The van der Waals surface area contributed by atoms with Gasteiger partial charge in [-0.1, -0.05) is 12.1 Å². The smallest absolute Gasteiger partial charge is 0.280 e. The first-order valence-electron chi connectivity index (χ1n) is 5.25. The van der Waals surface area contributed by atoms with Crippen molar-refractivity contribution in [1.29, 1.82) is 0 Å². The second kappa shape index (κ2) is 5.05. The number of hydrogen-bond donors (Lipinski definition) is 1. The average molecular weight is 252 g/mol. The molecule has 0 aliphatic rings. The lowest BCUT2D eigenvalue weighted by Gasteiger charge is -1.98. The SMILES string of the molecule is CCCNC(=O)c1nc(-c2nc(C)no2)cs1. The van der Waals surface area contributed by atoms with Crippen LogP contribution in [-0.2, 0) is 0 Å². The Morgan fingerprint density at radius 3 is 3.00 bits per heavy atom. The zero-order chi connectivity index (χ0) is 12.3. The van der Waals surface area contributed by atoms with Crippen LogP contribution >= 0.6 is 11.3 Å². The van der Waals surface area contributed by atoms with Gasteiger partial charge in [-0.05, 0) is 13.3 Å². The van der Waals surface area contributed by atoms with Crippen LogP contribution in [0.1, 0.15) is 29.0 Å². The van der Waals surface area contributed by atoms with Crippen molar-refractivity contribution in [3.8, 4) is 11.6 Å². The fraction of sp³-hybridized carbons (Fsp3) is 0.400. The second-order valence-corrected chi connectivity index (χ2v) is 4.30. The lowest BCUT2D eigenvalue weighted by atomic mass is 10.4. The van der Waals surface area contributed by atoms with Crippen molar-refractivity contribution in [3.05, 3.63) is 16.2 Å². The molecule has 0 atom stereocenters. The molecule has 0 aliphatic carbocycles. The first kappa shape index (κ1) is 11.7. The van der Waals surface area contributed by atoms with Gasteiger partial charge in [0.2, 0.25) is 0 Å². The molecule has 1 N–H and O–H groups in total. The van der Waals surface area contributed by atoms with E-state index in [-0.39, 0.29) is 5.91 Å². The highest BCUT2D eigenvalue weighted by Crippen LogP contribution is 2.19. The summed E-state index contributed by atoms with van der Waals surface area (Å²) in [6.45, 7) is 4.37. The van der Waals surface area contributed by atoms with E-state index in [1.54, 1.807) is 12.3 Å². The number of carbonyl (C=O) groups is 1. The van der Waals surface area contributed by atoms with E-state index in [0.717, 1.165) is 6.42 Å². The van der Waals surface area contributed by atoms with E-state index in [0.29, 0.717) is 29.0 Å². The lowest BCUT2D eigenvalue weighted by molar-refractivity contribution is 0.0953. The van der Waals surface area contributed by atoms with Crippen molar-refractivity contribution in [2.75, 3.05) is 6.54 Å². The number of aryl methyl sites for hydroxylation is 1. The third-order valence-electron chi connectivity index (χ3n) is 1.98. The predicted octanol–water partition coefficient (Wildman–Crippen LogP) is 1.64. The van der Waals surface area contributed by atoms with Crippen molar-refractivity contribution in [1.82, 2.24) is 20.4 Å². The summed E-state index contributed by atoms with van der Waals surface area (Å²) < 4.78 is 4.98. The minimum absolute atomic E-state index is 0.167. The highest BCUT2D eigenvalue weighted by atomic mass is 32.1. The lowest BCUT2D eigenvalue weighted by Crippen LogP contribution is -2.23. The van der Waals surface area contributed by atoms with Crippen molar-refractivity contribution in [3.63, 3.8) is 0 Å². The van der Waals surface area contributed by atoms with Gasteiger partial charge in [0.15, 0.2) is 10.8 Å². The molecular weight excluding hydrogens is 240 g/mol. The van der Waals surface area contributed by atoms with E-state index in [1.807, 2.05) is 6.92 Å². The molecule has 2 aromatic heterocycles. The summed E-state index contributed by atoms with van der Waals surface area (Å²) in [5.74, 6) is 0.720. The van der Waals surface area contributed by atoms with E-state index < -0.39 is 0 Å². The van der Waals surface area contributed by atoms with E-state index in [2.05, 4.69) is 20.4 Å². The Morgan fingerprint density at radius 1 is 1.53 bits per heavy atom. The van der Waals surface area contributed by atoms with Crippen LogP contribution in [0.4, 0.5) is 0 Å². The number of nitrogens with one attached hydrogen (secondary N) is 1. The zero-order valence-electron chi connectivity index (χ0n) is 9.56. The van der Waals surface area contributed by atoms with Crippen LogP contribution in [0.15, 0.2) is 9.90 Å². The Kier molecular flexibility index (Phi) is 3.48. The third-order valence-corrected chi connectivity index (χ3v) is 2.82. The summed E-state index contributed by atoms with van der Waals surface area (Å²) in [5.41, 5.74) is 0.539. The average Bonchev–Trinajstić information content (AvgIpc) is 2.93. The Bertz CT molecular complexity index is 520. The van der Waals surface area contributed by atoms with Crippen molar-refractivity contribution >= 4 is 17.2 Å². The number of hydrogen-bond acceptors (Lipinski definition) is 6. The van der Waals surface area contributed by atoms with Gasteiger partial charge in [-0.3, -0.25) is 4.79 Å². The molecule has 1 amide bonds. The molecule has 0 unspecified atom stereocenters. The molecule has 90 valence electrons.